The smallest absolute Gasteiger partial charge is 0.221 e. The predicted octanol–water partition coefficient (Wildman–Crippen LogP) is 2.01. The normalized spacial score (nSPS) is 12.6. The van der Waals surface area contributed by atoms with Crippen LogP contribution in [0.4, 0.5) is 5.69 Å². The van der Waals surface area contributed by atoms with Gasteiger partial charge >= 0.3 is 0 Å². The molecule has 5 nitrogen and oxygen atoms in total. The second-order valence-corrected chi connectivity index (χ2v) is 5.44. The fourth-order valence-corrected chi connectivity index (χ4v) is 2.33. The molecule has 0 bridgehead atoms. The average Bonchev–Trinajstić information content (AvgIpc) is 2.37. The van der Waals surface area contributed by atoms with Crippen LogP contribution in [0.15, 0.2) is 30.3 Å². The van der Waals surface area contributed by atoms with Crippen LogP contribution in [0.1, 0.15) is 19.5 Å². The van der Waals surface area contributed by atoms with Gasteiger partial charge in [0.05, 0.1) is 17.3 Å². The van der Waals surface area contributed by atoms with E-state index in [0.717, 1.165) is 22.3 Å². The van der Waals surface area contributed by atoms with Crippen LogP contribution in [-0.2, 0) is 11.3 Å². The van der Waals surface area contributed by atoms with Crippen LogP contribution in [0.3, 0.4) is 0 Å². The van der Waals surface area contributed by atoms with Gasteiger partial charge in [0, 0.05) is 31.1 Å². The van der Waals surface area contributed by atoms with Crippen LogP contribution in [0.2, 0.25) is 0 Å². The summed E-state index contributed by atoms with van der Waals surface area (Å²) in [6.07, 6.45) is -0.351. The van der Waals surface area contributed by atoms with Crippen LogP contribution in [-0.4, -0.2) is 40.6 Å². The maximum atomic E-state index is 11.1. The number of rotatable bonds is 5. The number of aromatic nitrogens is 1. The molecule has 1 aromatic heterocycles. The number of anilines is 1. The summed E-state index contributed by atoms with van der Waals surface area (Å²) in [5.41, 5.74) is 2.63. The molecule has 0 fully saturated rings. The Hall–Kier alpha value is -1.98. The fourth-order valence-electron chi connectivity index (χ4n) is 2.33. The quantitative estimate of drug-likeness (QED) is 0.883. The summed E-state index contributed by atoms with van der Waals surface area (Å²) < 4.78 is 0. The number of likely N-dealkylation sites (N-methyl/N-ethyl adjacent to an activating group) is 1. The molecule has 2 rings (SSSR count). The van der Waals surface area contributed by atoms with Gasteiger partial charge < -0.3 is 10.4 Å². The van der Waals surface area contributed by atoms with Gasteiger partial charge in [-0.2, -0.15) is 0 Å². The Labute approximate surface area is 124 Å². The summed E-state index contributed by atoms with van der Waals surface area (Å²) in [7, 11) is 1.96. The second kappa shape index (κ2) is 6.65. The third-order valence-corrected chi connectivity index (χ3v) is 3.08. The first-order valence-electron chi connectivity index (χ1n) is 6.98. The van der Waals surface area contributed by atoms with Crippen molar-refractivity contribution in [3.8, 4) is 0 Å². The van der Waals surface area contributed by atoms with Crippen molar-refractivity contribution in [3.63, 3.8) is 0 Å². The molecular weight excluding hydrogens is 266 g/mol. The number of fused-ring (bicyclic) bond motifs is 1. The minimum Gasteiger partial charge on any atom is -0.392 e. The Balaban J connectivity index is 2.16. The molecular formula is C16H21N3O2. The van der Waals surface area contributed by atoms with E-state index in [2.05, 4.69) is 10.3 Å². The number of hydrogen-bond donors (Lipinski definition) is 2. The van der Waals surface area contributed by atoms with Crippen molar-refractivity contribution in [1.82, 2.24) is 9.88 Å². The van der Waals surface area contributed by atoms with Gasteiger partial charge in [-0.25, -0.2) is 0 Å². The SMILES string of the molecule is CC(=O)Nc1ccc2nc(CN(C)CC(C)O)ccc2c1. The number of pyridine rings is 1. The predicted molar refractivity (Wildman–Crippen MR) is 84.1 cm³/mol. The van der Waals surface area contributed by atoms with Crippen molar-refractivity contribution in [2.24, 2.45) is 0 Å². The molecule has 2 N–H and O–H groups in total. The molecule has 5 heteroatoms. The van der Waals surface area contributed by atoms with Crippen molar-refractivity contribution in [2.75, 3.05) is 18.9 Å². The first kappa shape index (κ1) is 15.4. The molecule has 1 amide bonds. The van der Waals surface area contributed by atoms with Crippen molar-refractivity contribution in [3.05, 3.63) is 36.0 Å². The van der Waals surface area contributed by atoms with E-state index in [4.69, 9.17) is 0 Å². The van der Waals surface area contributed by atoms with E-state index in [1.807, 2.05) is 42.3 Å². The summed E-state index contributed by atoms with van der Waals surface area (Å²) in [5, 5.41) is 13.1. The van der Waals surface area contributed by atoms with Crippen molar-refractivity contribution < 1.29 is 9.90 Å². The maximum absolute atomic E-state index is 11.1. The molecule has 0 radical (unpaired) electrons. The Kier molecular flexibility index (Phi) is 4.88. The highest BCUT2D eigenvalue weighted by atomic mass is 16.3. The zero-order valence-electron chi connectivity index (χ0n) is 12.6. The lowest BCUT2D eigenvalue weighted by atomic mass is 10.1. The number of nitrogens with zero attached hydrogens (tertiary/aromatic N) is 2. The number of carbonyl (C=O) groups is 1. The Morgan fingerprint density at radius 1 is 1.38 bits per heavy atom. The lowest BCUT2D eigenvalue weighted by molar-refractivity contribution is -0.114. The van der Waals surface area contributed by atoms with Gasteiger partial charge in [-0.05, 0) is 38.2 Å². The van der Waals surface area contributed by atoms with E-state index >= 15 is 0 Å². The number of hydrogen-bond acceptors (Lipinski definition) is 4. The zero-order chi connectivity index (χ0) is 15.4. The molecule has 0 aliphatic carbocycles. The first-order chi connectivity index (χ1) is 9.94. The topological polar surface area (TPSA) is 65.5 Å². The fraction of sp³-hybridized carbons (Fsp3) is 0.375. The summed E-state index contributed by atoms with van der Waals surface area (Å²) >= 11 is 0. The molecule has 2 aromatic rings. The Bertz CT molecular complexity index is 640. The monoisotopic (exact) mass is 287 g/mol. The molecule has 0 aliphatic rings. The Morgan fingerprint density at radius 2 is 2.14 bits per heavy atom. The van der Waals surface area contributed by atoms with Crippen molar-refractivity contribution in [2.45, 2.75) is 26.5 Å². The molecule has 0 spiro atoms. The van der Waals surface area contributed by atoms with Crippen LogP contribution in [0.5, 0.6) is 0 Å². The summed E-state index contributed by atoms with van der Waals surface area (Å²) in [4.78, 5) is 17.7. The number of benzene rings is 1. The minimum absolute atomic E-state index is 0.0846. The molecule has 21 heavy (non-hydrogen) atoms. The highest BCUT2D eigenvalue weighted by Gasteiger charge is 2.06. The number of aliphatic hydroxyl groups is 1. The number of aliphatic hydroxyl groups excluding tert-OH is 1. The van der Waals surface area contributed by atoms with Gasteiger partial charge in [-0.15, -0.1) is 0 Å². The van der Waals surface area contributed by atoms with Gasteiger partial charge in [0.1, 0.15) is 0 Å². The second-order valence-electron chi connectivity index (χ2n) is 5.44. The van der Waals surface area contributed by atoms with Gasteiger partial charge in [0.25, 0.3) is 0 Å². The first-order valence-corrected chi connectivity index (χ1v) is 6.98. The van der Waals surface area contributed by atoms with E-state index in [1.165, 1.54) is 6.92 Å². The van der Waals surface area contributed by atoms with Crippen molar-refractivity contribution in [1.29, 1.82) is 0 Å². The molecule has 1 unspecified atom stereocenters. The van der Waals surface area contributed by atoms with Crippen LogP contribution < -0.4 is 5.32 Å². The molecule has 0 saturated heterocycles. The maximum Gasteiger partial charge on any atom is 0.221 e. The van der Waals surface area contributed by atoms with E-state index in [1.54, 1.807) is 6.92 Å². The largest absolute Gasteiger partial charge is 0.392 e. The Morgan fingerprint density at radius 3 is 2.81 bits per heavy atom. The van der Waals surface area contributed by atoms with E-state index in [0.29, 0.717) is 13.1 Å². The molecule has 1 atom stereocenters. The molecule has 112 valence electrons. The zero-order valence-corrected chi connectivity index (χ0v) is 12.6. The average molecular weight is 287 g/mol. The summed E-state index contributed by atoms with van der Waals surface area (Å²) in [6, 6.07) is 9.63. The van der Waals surface area contributed by atoms with E-state index < -0.39 is 0 Å². The van der Waals surface area contributed by atoms with E-state index in [9.17, 15) is 9.90 Å². The molecule has 1 aromatic carbocycles. The highest BCUT2D eigenvalue weighted by molar-refractivity contribution is 5.92. The van der Waals surface area contributed by atoms with Gasteiger partial charge in [-0.3, -0.25) is 14.7 Å². The molecule has 1 heterocycles. The lowest BCUT2D eigenvalue weighted by Gasteiger charge is -2.18. The number of nitrogens with one attached hydrogen (secondary N) is 1. The summed E-state index contributed by atoms with van der Waals surface area (Å²) in [6.45, 7) is 4.56. The van der Waals surface area contributed by atoms with Gasteiger partial charge in [-0.1, -0.05) is 6.07 Å². The van der Waals surface area contributed by atoms with Crippen LogP contribution >= 0.6 is 0 Å². The minimum atomic E-state index is -0.351. The van der Waals surface area contributed by atoms with Crippen molar-refractivity contribution >= 4 is 22.5 Å². The van der Waals surface area contributed by atoms with Gasteiger partial charge in [0.15, 0.2) is 0 Å². The standard InChI is InChI=1S/C16H21N3O2/c1-11(20)9-19(3)10-15-5-4-13-8-14(17-12(2)21)6-7-16(13)18-15/h4-8,11,20H,9-10H2,1-3H3,(H,17,21). The van der Waals surface area contributed by atoms with Crippen LogP contribution in [0.25, 0.3) is 10.9 Å². The molecule has 0 aliphatic heterocycles. The molecule has 0 saturated carbocycles. The number of amides is 1. The lowest BCUT2D eigenvalue weighted by Crippen LogP contribution is -2.27. The highest BCUT2D eigenvalue weighted by Crippen LogP contribution is 2.18. The third kappa shape index (κ3) is 4.51. The van der Waals surface area contributed by atoms with Crippen LogP contribution in [0, 0.1) is 0 Å². The van der Waals surface area contributed by atoms with Gasteiger partial charge in [0.2, 0.25) is 5.91 Å². The van der Waals surface area contributed by atoms with E-state index in [-0.39, 0.29) is 12.0 Å². The number of carbonyl (C=O) groups excluding carboxylic acids is 1. The third-order valence-electron chi connectivity index (χ3n) is 3.08. The summed E-state index contributed by atoms with van der Waals surface area (Å²) in [5.74, 6) is -0.0846.